The number of nitrogens with zero attached hydrogens (tertiary/aromatic N) is 3. The molecule has 1 N–H and O–H groups in total. The zero-order valence-corrected chi connectivity index (χ0v) is 11.0. The van der Waals surface area contributed by atoms with Gasteiger partial charge in [0.15, 0.2) is 5.82 Å². The van der Waals surface area contributed by atoms with E-state index in [4.69, 9.17) is 0 Å². The van der Waals surface area contributed by atoms with Crippen molar-refractivity contribution in [2.75, 3.05) is 11.9 Å². The highest BCUT2D eigenvalue weighted by Gasteiger charge is 2.05. The fourth-order valence-electron chi connectivity index (χ4n) is 1.99. The summed E-state index contributed by atoms with van der Waals surface area (Å²) < 4.78 is 13.1. The van der Waals surface area contributed by atoms with E-state index in [9.17, 15) is 4.39 Å². The SMILES string of the molecule is CCNc1ccnc(-c2cnc3cc(F)ccc3c2)n1. The van der Waals surface area contributed by atoms with Crippen LogP contribution in [-0.2, 0) is 0 Å². The van der Waals surface area contributed by atoms with Gasteiger partial charge in [-0.15, -0.1) is 0 Å². The van der Waals surface area contributed by atoms with Crippen molar-refractivity contribution in [2.24, 2.45) is 0 Å². The van der Waals surface area contributed by atoms with E-state index < -0.39 is 0 Å². The lowest BCUT2D eigenvalue weighted by molar-refractivity contribution is 0.629. The lowest BCUT2D eigenvalue weighted by Gasteiger charge is -2.05. The lowest BCUT2D eigenvalue weighted by Crippen LogP contribution is -2.00. The quantitative estimate of drug-likeness (QED) is 0.792. The molecular weight excluding hydrogens is 255 g/mol. The third-order valence-electron chi connectivity index (χ3n) is 2.92. The van der Waals surface area contributed by atoms with E-state index in [1.54, 1.807) is 18.5 Å². The Hall–Kier alpha value is -2.56. The molecule has 0 spiro atoms. The van der Waals surface area contributed by atoms with Crippen LogP contribution < -0.4 is 5.32 Å². The predicted octanol–water partition coefficient (Wildman–Crippen LogP) is 3.26. The summed E-state index contributed by atoms with van der Waals surface area (Å²) in [4.78, 5) is 12.9. The highest BCUT2D eigenvalue weighted by Crippen LogP contribution is 2.21. The molecule has 0 unspecified atom stereocenters. The number of fused-ring (bicyclic) bond motifs is 1. The molecule has 0 bridgehead atoms. The molecule has 100 valence electrons. The third kappa shape index (κ3) is 2.42. The minimum absolute atomic E-state index is 0.289. The number of pyridine rings is 1. The predicted molar refractivity (Wildman–Crippen MR) is 76.9 cm³/mol. The van der Waals surface area contributed by atoms with Crippen molar-refractivity contribution in [3.63, 3.8) is 0 Å². The van der Waals surface area contributed by atoms with Crippen LogP contribution in [0, 0.1) is 5.82 Å². The second kappa shape index (κ2) is 5.21. The Balaban J connectivity index is 2.05. The first-order valence-corrected chi connectivity index (χ1v) is 6.39. The number of anilines is 1. The standard InChI is InChI=1S/C15H13FN4/c1-2-17-14-5-6-18-15(20-14)11-7-10-3-4-12(16)8-13(10)19-9-11/h3-9H,2H2,1H3,(H,17,18,20). The molecule has 0 saturated carbocycles. The van der Waals surface area contributed by atoms with E-state index >= 15 is 0 Å². The van der Waals surface area contributed by atoms with E-state index in [0.29, 0.717) is 11.3 Å². The van der Waals surface area contributed by atoms with Gasteiger partial charge in [0.2, 0.25) is 0 Å². The van der Waals surface area contributed by atoms with Crippen molar-refractivity contribution < 1.29 is 4.39 Å². The summed E-state index contributed by atoms with van der Waals surface area (Å²) >= 11 is 0. The second-order valence-corrected chi connectivity index (χ2v) is 4.36. The smallest absolute Gasteiger partial charge is 0.163 e. The molecular formula is C15H13FN4. The highest BCUT2D eigenvalue weighted by atomic mass is 19.1. The van der Waals surface area contributed by atoms with E-state index in [0.717, 1.165) is 23.3 Å². The van der Waals surface area contributed by atoms with Gasteiger partial charge in [-0.2, -0.15) is 0 Å². The summed E-state index contributed by atoms with van der Waals surface area (Å²) in [6.07, 6.45) is 3.36. The summed E-state index contributed by atoms with van der Waals surface area (Å²) in [7, 11) is 0. The van der Waals surface area contributed by atoms with Crippen LogP contribution in [0.15, 0.2) is 42.7 Å². The van der Waals surface area contributed by atoms with Crippen LogP contribution in [0.3, 0.4) is 0 Å². The number of nitrogens with one attached hydrogen (secondary N) is 1. The van der Waals surface area contributed by atoms with Gasteiger partial charge in [-0.25, -0.2) is 14.4 Å². The summed E-state index contributed by atoms with van der Waals surface area (Å²) in [5.41, 5.74) is 1.43. The van der Waals surface area contributed by atoms with E-state index in [1.807, 2.05) is 19.1 Å². The maximum Gasteiger partial charge on any atom is 0.163 e. The minimum Gasteiger partial charge on any atom is -0.370 e. The first-order valence-electron chi connectivity index (χ1n) is 6.39. The molecule has 5 heteroatoms. The number of halogens is 1. The van der Waals surface area contributed by atoms with Crippen LogP contribution in [0.2, 0.25) is 0 Å². The van der Waals surface area contributed by atoms with Gasteiger partial charge in [0, 0.05) is 36.0 Å². The normalized spacial score (nSPS) is 10.7. The van der Waals surface area contributed by atoms with Gasteiger partial charge in [0.25, 0.3) is 0 Å². The number of hydrogen-bond acceptors (Lipinski definition) is 4. The molecule has 4 nitrogen and oxygen atoms in total. The van der Waals surface area contributed by atoms with Crippen LogP contribution in [0.5, 0.6) is 0 Å². The van der Waals surface area contributed by atoms with Crippen LogP contribution in [0.1, 0.15) is 6.92 Å². The number of aromatic nitrogens is 3. The molecule has 0 aliphatic carbocycles. The Kier molecular flexibility index (Phi) is 3.25. The van der Waals surface area contributed by atoms with Crippen LogP contribution in [-0.4, -0.2) is 21.5 Å². The van der Waals surface area contributed by atoms with E-state index in [1.165, 1.54) is 12.1 Å². The minimum atomic E-state index is -0.289. The van der Waals surface area contributed by atoms with Gasteiger partial charge in [-0.3, -0.25) is 4.98 Å². The molecule has 0 aliphatic heterocycles. The number of benzene rings is 1. The first kappa shape index (κ1) is 12.5. The maximum absolute atomic E-state index is 13.1. The van der Waals surface area contributed by atoms with Crippen molar-refractivity contribution in [2.45, 2.75) is 6.92 Å². The number of rotatable bonds is 3. The number of hydrogen-bond donors (Lipinski definition) is 1. The average Bonchev–Trinajstić information content (AvgIpc) is 2.47. The molecule has 0 aliphatic rings. The summed E-state index contributed by atoms with van der Waals surface area (Å²) in [6, 6.07) is 8.26. The zero-order valence-electron chi connectivity index (χ0n) is 11.0. The van der Waals surface area contributed by atoms with Gasteiger partial charge in [-0.1, -0.05) is 0 Å². The maximum atomic E-state index is 13.1. The molecule has 0 radical (unpaired) electrons. The largest absolute Gasteiger partial charge is 0.370 e. The molecule has 2 aromatic heterocycles. The summed E-state index contributed by atoms with van der Waals surface area (Å²) in [5.74, 6) is 1.09. The van der Waals surface area contributed by atoms with E-state index in [2.05, 4.69) is 20.3 Å². The molecule has 0 atom stereocenters. The Morgan fingerprint density at radius 2 is 2.05 bits per heavy atom. The Morgan fingerprint density at radius 3 is 2.90 bits per heavy atom. The van der Waals surface area contributed by atoms with Gasteiger partial charge in [-0.05, 0) is 31.2 Å². The summed E-state index contributed by atoms with van der Waals surface area (Å²) in [6.45, 7) is 2.81. The van der Waals surface area contributed by atoms with Gasteiger partial charge >= 0.3 is 0 Å². The summed E-state index contributed by atoms with van der Waals surface area (Å²) in [5, 5.41) is 4.00. The van der Waals surface area contributed by atoms with Crippen LogP contribution in [0.4, 0.5) is 10.2 Å². The Bertz CT molecular complexity index is 758. The monoisotopic (exact) mass is 268 g/mol. The third-order valence-corrected chi connectivity index (χ3v) is 2.92. The molecule has 0 amide bonds. The zero-order chi connectivity index (χ0) is 13.9. The van der Waals surface area contributed by atoms with Crippen molar-refractivity contribution >= 4 is 16.7 Å². The molecule has 2 heterocycles. The average molecular weight is 268 g/mol. The van der Waals surface area contributed by atoms with Gasteiger partial charge in [0.1, 0.15) is 11.6 Å². The Morgan fingerprint density at radius 1 is 1.15 bits per heavy atom. The molecule has 20 heavy (non-hydrogen) atoms. The van der Waals surface area contributed by atoms with Crippen LogP contribution >= 0.6 is 0 Å². The van der Waals surface area contributed by atoms with Gasteiger partial charge in [0.05, 0.1) is 5.52 Å². The lowest BCUT2D eigenvalue weighted by atomic mass is 10.1. The Labute approximate surface area is 115 Å². The molecule has 0 saturated heterocycles. The fourth-order valence-corrected chi connectivity index (χ4v) is 1.99. The molecule has 3 rings (SSSR count). The van der Waals surface area contributed by atoms with E-state index in [-0.39, 0.29) is 5.82 Å². The molecule has 0 fully saturated rings. The van der Waals surface area contributed by atoms with Crippen molar-refractivity contribution in [1.29, 1.82) is 0 Å². The fraction of sp³-hybridized carbons (Fsp3) is 0.133. The topological polar surface area (TPSA) is 50.7 Å². The highest BCUT2D eigenvalue weighted by molar-refractivity contribution is 5.82. The van der Waals surface area contributed by atoms with Crippen molar-refractivity contribution in [3.05, 3.63) is 48.5 Å². The molecule has 1 aromatic carbocycles. The van der Waals surface area contributed by atoms with Gasteiger partial charge < -0.3 is 5.32 Å². The van der Waals surface area contributed by atoms with Crippen molar-refractivity contribution in [3.8, 4) is 11.4 Å². The second-order valence-electron chi connectivity index (χ2n) is 4.36. The first-order chi connectivity index (χ1) is 9.76. The molecule has 3 aromatic rings. The van der Waals surface area contributed by atoms with Crippen molar-refractivity contribution in [1.82, 2.24) is 15.0 Å². The van der Waals surface area contributed by atoms with Crippen LogP contribution in [0.25, 0.3) is 22.3 Å².